The van der Waals surface area contributed by atoms with Crippen LogP contribution in [0.1, 0.15) is 43.4 Å². The van der Waals surface area contributed by atoms with Gasteiger partial charge in [0.15, 0.2) is 0 Å². The molecule has 1 aliphatic heterocycles. The molecular formula is C25H15ClF7N5O2. The molecular weight excluding hydrogens is 571 g/mol. The summed E-state index contributed by atoms with van der Waals surface area (Å²) in [5, 5.41) is 4.91. The zero-order valence-electron chi connectivity index (χ0n) is 19.7. The lowest BCUT2D eigenvalue weighted by Gasteiger charge is -2.19. The van der Waals surface area contributed by atoms with Gasteiger partial charge in [-0.1, -0.05) is 11.6 Å². The predicted molar refractivity (Wildman–Crippen MR) is 130 cm³/mol. The average Bonchev–Trinajstić information content (AvgIpc) is 3.36. The molecule has 4 aromatic rings. The Bertz CT molecular complexity index is 1700. The van der Waals surface area contributed by atoms with Gasteiger partial charge in [-0.3, -0.25) is 9.59 Å². The largest absolute Gasteiger partial charge is 0.416 e. The summed E-state index contributed by atoms with van der Waals surface area (Å²) in [6.45, 7) is -0.936. The number of amides is 2. The summed E-state index contributed by atoms with van der Waals surface area (Å²) in [6.07, 6.45) is -7.86. The van der Waals surface area contributed by atoms with Crippen LogP contribution in [0.3, 0.4) is 0 Å². The second-order valence-corrected chi connectivity index (χ2v) is 9.21. The number of hydrogen-bond acceptors (Lipinski definition) is 4. The van der Waals surface area contributed by atoms with Crippen LogP contribution in [0.15, 0.2) is 42.5 Å². The summed E-state index contributed by atoms with van der Waals surface area (Å²) in [5.74, 6) is -4.47. The molecule has 0 fully saturated rings. The number of nitrogens with one attached hydrogen (secondary N) is 2. The molecule has 0 saturated heterocycles. The first-order valence-corrected chi connectivity index (χ1v) is 11.7. The molecule has 0 bridgehead atoms. The van der Waals surface area contributed by atoms with E-state index in [9.17, 15) is 40.3 Å². The topological polar surface area (TPSA) is 102 Å². The molecule has 2 heterocycles. The maximum Gasteiger partial charge on any atom is 0.416 e. The zero-order chi connectivity index (χ0) is 29.1. The summed E-state index contributed by atoms with van der Waals surface area (Å²) < 4.78 is 95.3. The molecule has 1 aliphatic rings. The smallest absolute Gasteiger partial charge is 0.369 e. The number of nitrogen functional groups attached to an aromatic ring is 1. The van der Waals surface area contributed by atoms with Crippen LogP contribution in [0.4, 0.5) is 42.4 Å². The summed E-state index contributed by atoms with van der Waals surface area (Å²) in [4.78, 5) is 30.3. The number of rotatable bonds is 5. The van der Waals surface area contributed by atoms with Crippen LogP contribution in [-0.4, -0.2) is 27.8 Å². The van der Waals surface area contributed by atoms with E-state index in [0.29, 0.717) is 12.1 Å². The van der Waals surface area contributed by atoms with Crippen molar-refractivity contribution in [3.8, 4) is 0 Å². The lowest BCUT2D eigenvalue weighted by molar-refractivity contribution is -0.137. The van der Waals surface area contributed by atoms with Gasteiger partial charge in [0, 0.05) is 27.4 Å². The molecule has 0 radical (unpaired) electrons. The van der Waals surface area contributed by atoms with E-state index in [2.05, 4.69) is 15.6 Å². The van der Waals surface area contributed by atoms with E-state index in [1.165, 1.54) is 6.07 Å². The van der Waals surface area contributed by atoms with Crippen LogP contribution in [0.2, 0.25) is 5.02 Å². The van der Waals surface area contributed by atoms with E-state index >= 15 is 0 Å². The maximum atomic E-state index is 14.1. The van der Waals surface area contributed by atoms with Gasteiger partial charge in [0.1, 0.15) is 17.2 Å². The normalized spacial score (nSPS) is 15.0. The fraction of sp³-hybridized carbons (Fsp3) is 0.160. The number of benzene rings is 3. The van der Waals surface area contributed by atoms with Gasteiger partial charge in [-0.05, 0) is 42.5 Å². The van der Waals surface area contributed by atoms with Crippen molar-refractivity contribution in [1.29, 1.82) is 0 Å². The third-order valence-electron chi connectivity index (χ3n) is 6.23. The summed E-state index contributed by atoms with van der Waals surface area (Å²) >= 11 is 6.25. The summed E-state index contributed by atoms with van der Waals surface area (Å²) in [5.41, 5.74) is 3.00. The van der Waals surface area contributed by atoms with Crippen molar-refractivity contribution < 1.29 is 40.3 Å². The van der Waals surface area contributed by atoms with Gasteiger partial charge in [0.05, 0.1) is 29.2 Å². The minimum atomic E-state index is -4.97. The lowest BCUT2D eigenvalue weighted by atomic mass is 9.95. The van der Waals surface area contributed by atoms with E-state index in [0.717, 1.165) is 22.8 Å². The van der Waals surface area contributed by atoms with Crippen molar-refractivity contribution in [2.24, 2.45) is 0 Å². The van der Waals surface area contributed by atoms with Crippen LogP contribution in [0.25, 0.3) is 11.0 Å². The van der Waals surface area contributed by atoms with Gasteiger partial charge < -0.3 is 20.9 Å². The number of halogens is 8. The predicted octanol–water partition coefficient (Wildman–Crippen LogP) is 5.92. The van der Waals surface area contributed by atoms with Gasteiger partial charge >= 0.3 is 6.18 Å². The molecule has 208 valence electrons. The molecule has 0 aliphatic carbocycles. The van der Waals surface area contributed by atoms with Crippen LogP contribution >= 0.6 is 11.6 Å². The monoisotopic (exact) mass is 585 g/mol. The highest BCUT2D eigenvalue weighted by Crippen LogP contribution is 2.43. The Hall–Kier alpha value is -4.33. The highest BCUT2D eigenvalue weighted by atomic mass is 35.5. The molecule has 0 saturated carbocycles. The quantitative estimate of drug-likeness (QED) is 0.253. The van der Waals surface area contributed by atoms with Crippen LogP contribution < -0.4 is 16.4 Å². The van der Waals surface area contributed by atoms with Gasteiger partial charge in [-0.25, -0.2) is 22.5 Å². The zero-order valence-corrected chi connectivity index (χ0v) is 20.5. The number of nitrogens with two attached hydrogens (primary N) is 1. The first-order chi connectivity index (χ1) is 18.7. The van der Waals surface area contributed by atoms with Gasteiger partial charge in [-0.2, -0.15) is 13.2 Å². The Kier molecular flexibility index (Phi) is 6.60. The van der Waals surface area contributed by atoms with Crippen LogP contribution in [0, 0.1) is 11.6 Å². The number of aromatic nitrogens is 2. The Morgan fingerprint density at radius 1 is 1.12 bits per heavy atom. The fourth-order valence-electron chi connectivity index (χ4n) is 4.58. The molecule has 0 spiro atoms. The number of nitrogens with zero attached hydrogens (tertiary/aromatic N) is 2. The van der Waals surface area contributed by atoms with Crippen molar-refractivity contribution >= 4 is 46.1 Å². The molecule has 4 N–H and O–H groups in total. The Morgan fingerprint density at radius 3 is 2.52 bits per heavy atom. The first-order valence-electron chi connectivity index (χ1n) is 11.3. The van der Waals surface area contributed by atoms with E-state index < -0.39 is 59.8 Å². The molecule has 1 atom stereocenters. The van der Waals surface area contributed by atoms with Gasteiger partial charge in [0.25, 0.3) is 18.2 Å². The highest BCUT2D eigenvalue weighted by molar-refractivity contribution is 6.31. The average molecular weight is 586 g/mol. The number of fused-ring (bicyclic) bond motifs is 3. The van der Waals surface area contributed by atoms with Crippen LogP contribution in [-0.2, 0) is 12.7 Å². The molecule has 40 heavy (non-hydrogen) atoms. The van der Waals surface area contributed by atoms with Gasteiger partial charge in [0.2, 0.25) is 5.95 Å². The minimum Gasteiger partial charge on any atom is -0.369 e. The molecule has 15 heteroatoms. The molecule has 2 amide bonds. The molecule has 1 aromatic heterocycles. The number of carbonyl (C=O) groups is 2. The third-order valence-corrected chi connectivity index (χ3v) is 6.57. The molecule has 5 rings (SSSR count). The van der Waals surface area contributed by atoms with Gasteiger partial charge in [-0.15, -0.1) is 0 Å². The standard InChI is InChI=1S/C25H15ClF7N5O2/c26-14-2-1-11(27)6-13(14)20-18-15(35-22(39)9-3-10(25(31,32)33)5-12(28)4-9)7-16-21(19(18)23(40)36-20)37-24(34)38(16)8-17(29)30/h1-7,17,20H,8H2,(H2,34,37)(H,35,39)(H,36,40). The van der Waals surface area contributed by atoms with E-state index in [1.807, 2.05) is 0 Å². The Labute approximate surface area is 224 Å². The van der Waals surface area contributed by atoms with Crippen molar-refractivity contribution in [1.82, 2.24) is 14.9 Å². The van der Waals surface area contributed by atoms with E-state index in [4.69, 9.17) is 17.3 Å². The number of anilines is 2. The van der Waals surface area contributed by atoms with Crippen molar-refractivity contribution in [3.05, 3.63) is 86.9 Å². The van der Waals surface area contributed by atoms with Crippen molar-refractivity contribution in [2.75, 3.05) is 11.1 Å². The first kappa shape index (κ1) is 27.2. The van der Waals surface area contributed by atoms with Crippen molar-refractivity contribution in [3.63, 3.8) is 0 Å². The second kappa shape index (κ2) is 9.70. The number of carbonyl (C=O) groups excluding carboxylic acids is 2. The van der Waals surface area contributed by atoms with E-state index in [-0.39, 0.29) is 50.4 Å². The van der Waals surface area contributed by atoms with E-state index in [1.54, 1.807) is 0 Å². The summed E-state index contributed by atoms with van der Waals surface area (Å²) in [7, 11) is 0. The molecule has 1 unspecified atom stereocenters. The number of alkyl halides is 5. The number of imidazole rings is 1. The lowest BCUT2D eigenvalue weighted by Crippen LogP contribution is -2.21. The van der Waals surface area contributed by atoms with Crippen molar-refractivity contribution in [2.45, 2.75) is 25.2 Å². The third kappa shape index (κ3) is 4.78. The maximum absolute atomic E-state index is 14.1. The SMILES string of the molecule is Nc1nc2c3c(c(NC(=O)c4cc(F)cc(C(F)(F)F)c4)cc2n1CC(F)F)C(c1cc(F)ccc1Cl)NC3=O. The van der Waals surface area contributed by atoms with Crippen LogP contribution in [0.5, 0.6) is 0 Å². The molecule has 7 nitrogen and oxygen atoms in total. The number of hydrogen-bond donors (Lipinski definition) is 3. The fourth-order valence-corrected chi connectivity index (χ4v) is 4.80. The Balaban J connectivity index is 1.72. The second-order valence-electron chi connectivity index (χ2n) is 8.81. The summed E-state index contributed by atoms with van der Waals surface area (Å²) in [6, 6.07) is 4.42. The Morgan fingerprint density at radius 2 is 1.85 bits per heavy atom. The minimum absolute atomic E-state index is 0.0135. The highest BCUT2D eigenvalue weighted by Gasteiger charge is 2.38. The molecule has 3 aromatic carbocycles.